The molecule has 2 rings (SSSR count). The first-order valence-corrected chi connectivity index (χ1v) is 6.02. The van der Waals surface area contributed by atoms with E-state index in [0.717, 1.165) is 5.82 Å². The monoisotopic (exact) mass is 234 g/mol. The number of nitrogens with zero attached hydrogens (tertiary/aromatic N) is 2. The number of aromatic nitrogens is 1. The van der Waals surface area contributed by atoms with E-state index in [9.17, 15) is 4.79 Å². The lowest BCUT2D eigenvalue weighted by Gasteiger charge is -2.26. The molecule has 0 unspecified atom stereocenters. The summed E-state index contributed by atoms with van der Waals surface area (Å²) in [5, 5.41) is 8.92. The first-order chi connectivity index (χ1) is 8.08. The Labute approximate surface area is 101 Å². The van der Waals surface area contributed by atoms with Crippen molar-refractivity contribution in [3.63, 3.8) is 0 Å². The molecule has 1 aliphatic rings. The average molecular weight is 234 g/mol. The molecule has 1 heterocycles. The van der Waals surface area contributed by atoms with E-state index in [-0.39, 0.29) is 12.6 Å². The Bertz CT molecular complexity index is 414. The second kappa shape index (κ2) is 4.73. The zero-order valence-electron chi connectivity index (χ0n) is 10.3. The summed E-state index contributed by atoms with van der Waals surface area (Å²) >= 11 is 0. The summed E-state index contributed by atoms with van der Waals surface area (Å²) in [5.74, 6) is 0.611. The number of carbonyl (C=O) groups is 1. The fraction of sp³-hybridized carbons (Fsp3) is 0.538. The van der Waals surface area contributed by atoms with Gasteiger partial charge in [-0.25, -0.2) is 4.98 Å². The van der Waals surface area contributed by atoms with Crippen molar-refractivity contribution in [2.45, 2.75) is 38.6 Å². The highest BCUT2D eigenvalue weighted by Crippen LogP contribution is 2.40. The van der Waals surface area contributed by atoms with Crippen molar-refractivity contribution < 1.29 is 9.90 Å². The third kappa shape index (κ3) is 2.96. The van der Waals surface area contributed by atoms with Gasteiger partial charge in [-0.2, -0.15) is 0 Å². The van der Waals surface area contributed by atoms with Crippen molar-refractivity contribution in [2.75, 3.05) is 11.4 Å². The molecule has 1 aromatic rings. The highest BCUT2D eigenvalue weighted by Gasteiger charge is 2.25. The Morgan fingerprint density at radius 3 is 2.82 bits per heavy atom. The number of hydrogen-bond donors (Lipinski definition) is 1. The molecular weight excluding hydrogens is 216 g/mol. The van der Waals surface area contributed by atoms with Gasteiger partial charge in [0.15, 0.2) is 0 Å². The average Bonchev–Trinajstić information content (AvgIpc) is 3.09. The zero-order valence-corrected chi connectivity index (χ0v) is 10.3. The number of carboxylic acids is 1. The van der Waals surface area contributed by atoms with Crippen molar-refractivity contribution >= 4 is 11.8 Å². The third-order valence-electron chi connectivity index (χ3n) is 3.04. The van der Waals surface area contributed by atoms with Gasteiger partial charge in [0.1, 0.15) is 12.4 Å². The SMILES string of the molecule is CC(C)N(CC(=O)O)c1cc(C2CC2)ccn1. The number of anilines is 1. The van der Waals surface area contributed by atoms with Crippen LogP contribution in [0.1, 0.15) is 38.2 Å². The van der Waals surface area contributed by atoms with Gasteiger partial charge in [-0.1, -0.05) is 0 Å². The van der Waals surface area contributed by atoms with Gasteiger partial charge in [-0.3, -0.25) is 4.79 Å². The Balaban J connectivity index is 2.21. The molecule has 0 aliphatic heterocycles. The van der Waals surface area contributed by atoms with Crippen molar-refractivity contribution in [1.82, 2.24) is 4.98 Å². The number of hydrogen-bond acceptors (Lipinski definition) is 3. The van der Waals surface area contributed by atoms with E-state index < -0.39 is 5.97 Å². The van der Waals surface area contributed by atoms with E-state index >= 15 is 0 Å². The first-order valence-electron chi connectivity index (χ1n) is 6.02. The fourth-order valence-electron chi connectivity index (χ4n) is 1.94. The van der Waals surface area contributed by atoms with Crippen LogP contribution >= 0.6 is 0 Å². The van der Waals surface area contributed by atoms with Gasteiger partial charge in [0.05, 0.1) is 0 Å². The minimum absolute atomic E-state index is 0.00120. The van der Waals surface area contributed by atoms with Crippen molar-refractivity contribution in [3.05, 3.63) is 23.9 Å². The normalized spacial score (nSPS) is 15.0. The predicted octanol–water partition coefficient (Wildman–Crippen LogP) is 2.26. The summed E-state index contributed by atoms with van der Waals surface area (Å²) in [5.41, 5.74) is 1.28. The van der Waals surface area contributed by atoms with Gasteiger partial charge < -0.3 is 10.0 Å². The van der Waals surface area contributed by atoms with Crippen LogP contribution in [0.4, 0.5) is 5.82 Å². The summed E-state index contributed by atoms with van der Waals surface area (Å²) in [6, 6.07) is 4.19. The van der Waals surface area contributed by atoms with E-state index in [1.54, 1.807) is 6.20 Å². The lowest BCUT2D eigenvalue weighted by Crippen LogP contribution is -2.36. The lowest BCUT2D eigenvalue weighted by atomic mass is 10.1. The summed E-state index contributed by atoms with van der Waals surface area (Å²) in [6.07, 6.45) is 4.26. The van der Waals surface area contributed by atoms with Gasteiger partial charge in [0.25, 0.3) is 0 Å². The molecule has 1 fully saturated rings. The van der Waals surface area contributed by atoms with Crippen LogP contribution in [-0.2, 0) is 4.79 Å². The topological polar surface area (TPSA) is 53.4 Å². The number of rotatable bonds is 5. The Hall–Kier alpha value is -1.58. The molecule has 0 radical (unpaired) electrons. The van der Waals surface area contributed by atoms with Crippen molar-refractivity contribution in [3.8, 4) is 0 Å². The molecule has 92 valence electrons. The second-order valence-corrected chi connectivity index (χ2v) is 4.84. The summed E-state index contributed by atoms with van der Waals surface area (Å²) in [7, 11) is 0. The largest absolute Gasteiger partial charge is 0.480 e. The molecule has 4 heteroatoms. The number of carboxylic acid groups (broad SMARTS) is 1. The van der Waals surface area contributed by atoms with Crippen LogP contribution in [0, 0.1) is 0 Å². The maximum atomic E-state index is 10.8. The van der Waals surface area contributed by atoms with Crippen LogP contribution in [0.2, 0.25) is 0 Å². The standard InChI is InChI=1S/C13H18N2O2/c1-9(2)15(8-13(16)17)12-7-11(5-6-14-12)10-3-4-10/h5-7,9-10H,3-4,8H2,1-2H3,(H,16,17). The second-order valence-electron chi connectivity index (χ2n) is 4.84. The summed E-state index contributed by atoms with van der Waals surface area (Å²) < 4.78 is 0. The fourth-order valence-corrected chi connectivity index (χ4v) is 1.94. The number of aliphatic carboxylic acids is 1. The van der Waals surface area contributed by atoms with Crippen molar-refractivity contribution in [2.24, 2.45) is 0 Å². The molecule has 0 atom stereocenters. The van der Waals surface area contributed by atoms with Crippen LogP contribution in [0.5, 0.6) is 0 Å². The van der Waals surface area contributed by atoms with Gasteiger partial charge in [0, 0.05) is 12.2 Å². The third-order valence-corrected chi connectivity index (χ3v) is 3.04. The van der Waals surface area contributed by atoms with Crippen LogP contribution in [-0.4, -0.2) is 28.6 Å². The molecule has 0 bridgehead atoms. The summed E-state index contributed by atoms with van der Waals surface area (Å²) in [4.78, 5) is 16.9. The zero-order chi connectivity index (χ0) is 12.4. The first kappa shape index (κ1) is 11.9. The maximum Gasteiger partial charge on any atom is 0.323 e. The molecule has 1 aliphatic carbocycles. The van der Waals surface area contributed by atoms with Crippen molar-refractivity contribution in [1.29, 1.82) is 0 Å². The Kier molecular flexibility index (Phi) is 3.31. The molecule has 17 heavy (non-hydrogen) atoms. The Morgan fingerprint density at radius 2 is 2.29 bits per heavy atom. The van der Waals surface area contributed by atoms with Crippen LogP contribution in [0.3, 0.4) is 0 Å². The molecular formula is C13H18N2O2. The van der Waals surface area contributed by atoms with Crippen LogP contribution < -0.4 is 4.90 Å². The molecule has 1 aromatic heterocycles. The molecule has 4 nitrogen and oxygen atoms in total. The van der Waals surface area contributed by atoms with Gasteiger partial charge >= 0.3 is 5.97 Å². The number of pyridine rings is 1. The smallest absolute Gasteiger partial charge is 0.323 e. The van der Waals surface area contributed by atoms with E-state index in [2.05, 4.69) is 4.98 Å². The maximum absolute atomic E-state index is 10.8. The minimum atomic E-state index is -0.822. The van der Waals surface area contributed by atoms with E-state index in [0.29, 0.717) is 5.92 Å². The summed E-state index contributed by atoms with van der Waals surface area (Å²) in [6.45, 7) is 3.96. The lowest BCUT2D eigenvalue weighted by molar-refractivity contribution is -0.135. The van der Waals surface area contributed by atoms with E-state index in [1.807, 2.05) is 30.9 Å². The van der Waals surface area contributed by atoms with E-state index in [1.165, 1.54) is 18.4 Å². The molecule has 0 saturated heterocycles. The molecule has 0 aromatic carbocycles. The van der Waals surface area contributed by atoms with Crippen LogP contribution in [0.15, 0.2) is 18.3 Å². The van der Waals surface area contributed by atoms with Gasteiger partial charge in [0.2, 0.25) is 0 Å². The Morgan fingerprint density at radius 1 is 1.59 bits per heavy atom. The van der Waals surface area contributed by atoms with Gasteiger partial charge in [-0.15, -0.1) is 0 Å². The predicted molar refractivity (Wildman–Crippen MR) is 66.3 cm³/mol. The molecule has 1 N–H and O–H groups in total. The van der Waals surface area contributed by atoms with Crippen LogP contribution in [0.25, 0.3) is 0 Å². The molecule has 0 amide bonds. The highest BCUT2D eigenvalue weighted by atomic mass is 16.4. The highest BCUT2D eigenvalue weighted by molar-refractivity contribution is 5.73. The van der Waals surface area contributed by atoms with Gasteiger partial charge in [-0.05, 0) is 50.3 Å². The van der Waals surface area contributed by atoms with E-state index in [4.69, 9.17) is 5.11 Å². The molecule has 0 spiro atoms. The minimum Gasteiger partial charge on any atom is -0.480 e. The quantitative estimate of drug-likeness (QED) is 0.849. The molecule has 1 saturated carbocycles.